The van der Waals surface area contributed by atoms with Crippen molar-refractivity contribution < 1.29 is 9.05 Å². The molecule has 0 fully saturated rings. The Balaban J connectivity index is 2.93. The highest BCUT2D eigenvalue weighted by Crippen LogP contribution is 2.54. The van der Waals surface area contributed by atoms with Gasteiger partial charge in [0.15, 0.2) is 0 Å². The van der Waals surface area contributed by atoms with Crippen LogP contribution >= 0.6 is 40.3 Å². The molecule has 1 unspecified atom stereocenters. The van der Waals surface area contributed by atoms with Crippen molar-refractivity contribution in [3.63, 3.8) is 0 Å². The van der Waals surface area contributed by atoms with Gasteiger partial charge in [0.2, 0.25) is 0 Å². The molecule has 7 heteroatoms. The Kier molecular flexibility index (Phi) is 4.51. The monoisotopic (exact) mass is 290 g/mol. The molecule has 0 saturated heterocycles. The molecule has 0 saturated carbocycles. The van der Waals surface area contributed by atoms with Gasteiger partial charge in [0.25, 0.3) is 0 Å². The van der Waals surface area contributed by atoms with E-state index < -0.39 is 5.84 Å². The van der Waals surface area contributed by atoms with Gasteiger partial charge in [-0.15, -0.1) is 0 Å². The van der Waals surface area contributed by atoms with E-state index in [1.54, 1.807) is 18.2 Å². The minimum Gasteiger partial charge on any atom is -0.431 e. The van der Waals surface area contributed by atoms with Crippen LogP contribution in [0.25, 0.3) is 0 Å². The normalized spacial score (nSPS) is 14.9. The van der Waals surface area contributed by atoms with Gasteiger partial charge in [-0.25, -0.2) is 0 Å². The lowest BCUT2D eigenvalue weighted by atomic mass is 10.3. The minimum atomic E-state index is -2.76. The third-order valence-electron chi connectivity index (χ3n) is 1.32. The Bertz CT molecular complexity index is 385. The molecule has 1 rings (SSSR count). The number of halogens is 3. The van der Waals surface area contributed by atoms with E-state index in [0.29, 0.717) is 15.8 Å². The molecule has 0 aromatic heterocycles. The zero-order valence-corrected chi connectivity index (χ0v) is 11.0. The Morgan fingerprint density at radius 2 is 2.00 bits per heavy atom. The van der Waals surface area contributed by atoms with E-state index in [1.807, 2.05) is 0 Å². The number of rotatable bonds is 3. The zero-order valence-electron chi connectivity index (χ0n) is 7.04. The second-order valence-electron chi connectivity index (χ2n) is 2.28. The minimum absolute atomic E-state index is 0.351. The molecule has 2 nitrogen and oxygen atoms in total. The quantitative estimate of drug-likeness (QED) is 0.765. The maximum atomic E-state index is 5.84. The Labute approximate surface area is 102 Å². The molecule has 1 aromatic rings. The average molecular weight is 292 g/mol. The summed E-state index contributed by atoms with van der Waals surface area (Å²) in [5.74, 6) is -2.39. The van der Waals surface area contributed by atoms with Crippen molar-refractivity contribution in [1.82, 2.24) is 0 Å². The Morgan fingerprint density at radius 1 is 1.36 bits per heavy atom. The number of benzene rings is 1. The predicted molar refractivity (Wildman–Crippen MR) is 64.2 cm³/mol. The molecule has 1 aromatic carbocycles. The first kappa shape index (κ1) is 12.6. The second-order valence-corrected chi connectivity index (χ2v) is 7.91. The highest BCUT2D eigenvalue weighted by atomic mass is 35.7. The van der Waals surface area contributed by atoms with Crippen molar-refractivity contribution in [2.75, 3.05) is 7.11 Å². The van der Waals surface area contributed by atoms with Gasteiger partial charge in [-0.2, -0.15) is 0 Å². The predicted octanol–water partition coefficient (Wildman–Crippen LogP) is 4.48. The van der Waals surface area contributed by atoms with Crippen molar-refractivity contribution >= 4 is 52.1 Å². The van der Waals surface area contributed by atoms with Crippen molar-refractivity contribution in [2.45, 2.75) is 0 Å². The van der Waals surface area contributed by atoms with Gasteiger partial charge >= 0.3 is 5.84 Å². The van der Waals surface area contributed by atoms with E-state index in [4.69, 9.17) is 55.3 Å². The van der Waals surface area contributed by atoms with E-state index in [0.717, 1.165) is 0 Å². The van der Waals surface area contributed by atoms with E-state index in [9.17, 15) is 0 Å². The molecule has 0 heterocycles. The lowest BCUT2D eigenvalue weighted by molar-refractivity contribution is 0.407. The van der Waals surface area contributed by atoms with Gasteiger partial charge in [-0.05, 0) is 41.2 Å². The third-order valence-corrected chi connectivity index (χ3v) is 3.99. The van der Waals surface area contributed by atoms with Gasteiger partial charge in [-0.3, -0.25) is 0 Å². The topological polar surface area (TPSA) is 18.5 Å². The van der Waals surface area contributed by atoms with E-state index >= 15 is 0 Å². The van der Waals surface area contributed by atoms with Gasteiger partial charge < -0.3 is 9.05 Å². The summed E-state index contributed by atoms with van der Waals surface area (Å²) in [4.78, 5) is 0. The summed E-state index contributed by atoms with van der Waals surface area (Å²) < 4.78 is 10.0. The highest BCUT2D eigenvalue weighted by molar-refractivity contribution is 8.22. The first-order valence-electron chi connectivity index (χ1n) is 3.45. The van der Waals surface area contributed by atoms with Gasteiger partial charge in [0, 0.05) is 12.1 Å². The first-order valence-corrected chi connectivity index (χ1v) is 7.74. The van der Waals surface area contributed by atoms with Gasteiger partial charge in [0.1, 0.15) is 5.75 Å². The SMILES string of the molecule is COP(=S)(Cl)Oc1ccc(Cl)cc1Cl. The lowest BCUT2D eigenvalue weighted by Gasteiger charge is -2.14. The molecule has 0 bridgehead atoms. The molecule has 0 spiro atoms. The molecular weight excluding hydrogens is 285 g/mol. The standard InChI is InChI=1S/C7H6Cl3O2PS/c1-11-13(10,14)12-7-3-2-5(8)4-6(7)9/h2-4H,1H3. The summed E-state index contributed by atoms with van der Waals surface area (Å²) in [7, 11) is 1.39. The summed E-state index contributed by atoms with van der Waals surface area (Å²) in [6.07, 6.45) is 0. The lowest BCUT2D eigenvalue weighted by Crippen LogP contribution is -1.89. The maximum absolute atomic E-state index is 5.84. The van der Waals surface area contributed by atoms with Crippen LogP contribution in [-0.4, -0.2) is 7.11 Å². The van der Waals surface area contributed by atoms with Gasteiger partial charge in [-0.1, -0.05) is 23.2 Å². The molecule has 0 aliphatic heterocycles. The maximum Gasteiger partial charge on any atom is 0.332 e. The molecule has 78 valence electrons. The average Bonchev–Trinajstić information content (AvgIpc) is 2.10. The van der Waals surface area contributed by atoms with Crippen LogP contribution in [0.5, 0.6) is 5.75 Å². The van der Waals surface area contributed by atoms with E-state index in [1.165, 1.54) is 7.11 Å². The van der Waals surface area contributed by atoms with Crippen molar-refractivity contribution in [1.29, 1.82) is 0 Å². The molecule has 0 radical (unpaired) electrons. The molecule has 1 atom stereocenters. The smallest absolute Gasteiger partial charge is 0.332 e. The summed E-state index contributed by atoms with van der Waals surface area (Å²) in [5, 5.41) is 0.868. The van der Waals surface area contributed by atoms with Crippen LogP contribution in [0.4, 0.5) is 0 Å². The van der Waals surface area contributed by atoms with Crippen LogP contribution in [0.1, 0.15) is 0 Å². The second kappa shape index (κ2) is 5.02. The first-order chi connectivity index (χ1) is 6.44. The summed E-state index contributed by atoms with van der Waals surface area (Å²) >= 11 is 22.2. The molecular formula is C7H6Cl3O2PS. The number of hydrogen-bond acceptors (Lipinski definition) is 3. The van der Waals surface area contributed by atoms with Crippen LogP contribution in [0.15, 0.2) is 18.2 Å². The van der Waals surface area contributed by atoms with Crippen molar-refractivity contribution in [2.24, 2.45) is 0 Å². The Morgan fingerprint density at radius 3 is 2.50 bits per heavy atom. The summed E-state index contributed by atoms with van der Waals surface area (Å²) in [6.45, 7) is 0. The van der Waals surface area contributed by atoms with Crippen LogP contribution in [0, 0.1) is 0 Å². The number of hydrogen-bond donors (Lipinski definition) is 0. The fourth-order valence-corrected chi connectivity index (χ4v) is 2.14. The summed E-state index contributed by atoms with van der Waals surface area (Å²) in [5.41, 5.74) is 0. The zero-order chi connectivity index (χ0) is 10.8. The highest BCUT2D eigenvalue weighted by Gasteiger charge is 2.16. The van der Waals surface area contributed by atoms with Crippen molar-refractivity contribution in [3.8, 4) is 5.75 Å². The van der Waals surface area contributed by atoms with Gasteiger partial charge in [0.05, 0.1) is 5.02 Å². The molecule has 0 aliphatic carbocycles. The van der Waals surface area contributed by atoms with Crippen LogP contribution < -0.4 is 4.52 Å². The molecule has 0 N–H and O–H groups in total. The third kappa shape index (κ3) is 3.58. The van der Waals surface area contributed by atoms with E-state index in [-0.39, 0.29) is 0 Å². The van der Waals surface area contributed by atoms with Crippen LogP contribution in [0.2, 0.25) is 10.0 Å². The fourth-order valence-electron chi connectivity index (χ4n) is 0.704. The molecule has 14 heavy (non-hydrogen) atoms. The molecule has 0 amide bonds. The fraction of sp³-hybridized carbons (Fsp3) is 0.143. The van der Waals surface area contributed by atoms with Crippen LogP contribution in [-0.2, 0) is 16.3 Å². The summed E-state index contributed by atoms with van der Waals surface area (Å²) in [6, 6.07) is 4.76. The van der Waals surface area contributed by atoms with Crippen LogP contribution in [0.3, 0.4) is 0 Å². The van der Waals surface area contributed by atoms with Crippen molar-refractivity contribution in [3.05, 3.63) is 28.2 Å². The molecule has 0 aliphatic rings. The largest absolute Gasteiger partial charge is 0.431 e. The van der Waals surface area contributed by atoms with E-state index in [2.05, 4.69) is 0 Å². The Hall–Kier alpha value is 0.500.